The van der Waals surface area contributed by atoms with Gasteiger partial charge in [0, 0.05) is 23.7 Å². The molecule has 148 valence electrons. The Morgan fingerprint density at radius 1 is 1.21 bits per heavy atom. The maximum Gasteiger partial charge on any atom is 0.338 e. The second-order valence-electron chi connectivity index (χ2n) is 6.95. The third-order valence-corrected chi connectivity index (χ3v) is 6.24. The molecule has 1 saturated heterocycles. The van der Waals surface area contributed by atoms with Gasteiger partial charge < -0.3 is 25.8 Å². The number of rotatable bonds is 5. The standard InChI is InChI=1S/C20H23N3O4S/c24-18(22-12-6-2-1-3-7-12)16-17-13(9-10-21-16)15(20(25)26)19(28-17)23-14-8-4-5-11-27-14/h1-3,6-7,14,16,21,23H,4-5,8-11H2,(H,22,24)(H,25,26). The normalized spacial score (nSPS) is 21.6. The summed E-state index contributed by atoms with van der Waals surface area (Å²) in [6.07, 6.45) is 3.32. The Hall–Kier alpha value is -2.42. The molecule has 2 aliphatic rings. The molecule has 1 fully saturated rings. The maximum atomic E-state index is 12.9. The van der Waals surface area contributed by atoms with Crippen LogP contribution in [0.2, 0.25) is 0 Å². The molecule has 0 spiro atoms. The molecule has 4 N–H and O–H groups in total. The molecule has 8 heteroatoms. The van der Waals surface area contributed by atoms with Gasteiger partial charge in [-0.05, 0) is 43.4 Å². The van der Waals surface area contributed by atoms with E-state index in [1.54, 1.807) is 0 Å². The number of anilines is 2. The van der Waals surface area contributed by atoms with Crippen molar-refractivity contribution < 1.29 is 19.4 Å². The first-order valence-corrected chi connectivity index (χ1v) is 10.3. The van der Waals surface area contributed by atoms with Gasteiger partial charge in [-0.25, -0.2) is 4.79 Å². The Labute approximate surface area is 167 Å². The lowest BCUT2D eigenvalue weighted by molar-refractivity contribution is -0.118. The molecule has 7 nitrogen and oxygen atoms in total. The number of benzene rings is 1. The lowest BCUT2D eigenvalue weighted by Gasteiger charge is -2.24. The summed E-state index contributed by atoms with van der Waals surface area (Å²) in [5, 5.41) is 19.8. The topological polar surface area (TPSA) is 99.7 Å². The second kappa shape index (κ2) is 8.30. The van der Waals surface area contributed by atoms with Crippen LogP contribution in [-0.2, 0) is 16.0 Å². The lowest BCUT2D eigenvalue weighted by atomic mass is 9.98. The van der Waals surface area contributed by atoms with Crippen LogP contribution in [0.15, 0.2) is 30.3 Å². The van der Waals surface area contributed by atoms with E-state index >= 15 is 0 Å². The van der Waals surface area contributed by atoms with Gasteiger partial charge in [-0.1, -0.05) is 18.2 Å². The molecule has 1 amide bonds. The van der Waals surface area contributed by atoms with Gasteiger partial charge in [0.2, 0.25) is 5.91 Å². The summed E-state index contributed by atoms with van der Waals surface area (Å²) in [5.74, 6) is -1.16. The fraction of sp³-hybridized carbons (Fsp3) is 0.400. The average Bonchev–Trinajstić information content (AvgIpc) is 3.07. The fourth-order valence-corrected chi connectivity index (χ4v) is 5.03. The van der Waals surface area contributed by atoms with E-state index in [1.807, 2.05) is 30.3 Å². The molecular formula is C20H23N3O4S. The van der Waals surface area contributed by atoms with E-state index in [0.29, 0.717) is 30.3 Å². The van der Waals surface area contributed by atoms with Crippen LogP contribution in [0.1, 0.15) is 46.1 Å². The van der Waals surface area contributed by atoms with Crippen LogP contribution >= 0.6 is 11.3 Å². The van der Waals surface area contributed by atoms with E-state index in [1.165, 1.54) is 11.3 Å². The molecule has 3 heterocycles. The predicted octanol–water partition coefficient (Wildman–Crippen LogP) is 3.21. The first-order valence-electron chi connectivity index (χ1n) is 9.50. The SMILES string of the molecule is O=C(O)c1c(NC2CCCCO2)sc2c1CCNC2C(=O)Nc1ccccc1. The van der Waals surface area contributed by atoms with Crippen LogP contribution in [0, 0.1) is 0 Å². The van der Waals surface area contributed by atoms with Crippen LogP contribution in [-0.4, -0.2) is 36.4 Å². The Morgan fingerprint density at radius 3 is 2.75 bits per heavy atom. The smallest absolute Gasteiger partial charge is 0.338 e. The monoisotopic (exact) mass is 401 g/mol. The number of aromatic carboxylic acids is 1. The van der Waals surface area contributed by atoms with E-state index < -0.39 is 12.0 Å². The van der Waals surface area contributed by atoms with Gasteiger partial charge in [0.25, 0.3) is 0 Å². The van der Waals surface area contributed by atoms with Crippen molar-refractivity contribution in [3.05, 3.63) is 46.3 Å². The summed E-state index contributed by atoms with van der Waals surface area (Å²) in [7, 11) is 0. The Morgan fingerprint density at radius 2 is 2.04 bits per heavy atom. The summed E-state index contributed by atoms with van der Waals surface area (Å²) in [6, 6.07) is 8.67. The molecular weight excluding hydrogens is 378 g/mol. The second-order valence-corrected chi connectivity index (χ2v) is 8.00. The molecule has 1 aromatic heterocycles. The molecule has 0 radical (unpaired) electrons. The molecule has 2 aromatic rings. The highest BCUT2D eigenvalue weighted by atomic mass is 32.1. The Bertz CT molecular complexity index is 862. The van der Waals surface area contributed by atoms with Crippen molar-refractivity contribution >= 4 is 33.9 Å². The molecule has 0 aliphatic carbocycles. The van der Waals surface area contributed by atoms with Crippen molar-refractivity contribution in [3.8, 4) is 0 Å². The van der Waals surface area contributed by atoms with Gasteiger partial charge in [-0.3, -0.25) is 4.79 Å². The van der Waals surface area contributed by atoms with Gasteiger partial charge in [-0.15, -0.1) is 11.3 Å². The summed E-state index contributed by atoms with van der Waals surface area (Å²) >= 11 is 1.34. The number of carbonyl (C=O) groups excluding carboxylic acids is 1. The number of hydrogen-bond acceptors (Lipinski definition) is 6. The fourth-order valence-electron chi connectivity index (χ4n) is 3.67. The molecule has 1 aromatic carbocycles. The predicted molar refractivity (Wildman–Crippen MR) is 108 cm³/mol. The van der Waals surface area contributed by atoms with Crippen LogP contribution in [0.4, 0.5) is 10.7 Å². The van der Waals surface area contributed by atoms with Crippen molar-refractivity contribution in [2.24, 2.45) is 0 Å². The third kappa shape index (κ3) is 3.89. The number of thiophene rings is 1. The molecule has 2 unspecified atom stereocenters. The molecule has 28 heavy (non-hydrogen) atoms. The van der Waals surface area contributed by atoms with Gasteiger partial charge in [-0.2, -0.15) is 0 Å². The zero-order chi connectivity index (χ0) is 19.5. The number of nitrogens with one attached hydrogen (secondary N) is 3. The Kier molecular flexibility index (Phi) is 5.61. The summed E-state index contributed by atoms with van der Waals surface area (Å²) < 4.78 is 5.71. The summed E-state index contributed by atoms with van der Waals surface area (Å²) in [4.78, 5) is 25.6. The van der Waals surface area contributed by atoms with E-state index in [9.17, 15) is 14.7 Å². The minimum absolute atomic E-state index is 0.184. The van der Waals surface area contributed by atoms with Crippen LogP contribution in [0.5, 0.6) is 0 Å². The third-order valence-electron chi connectivity index (χ3n) is 5.01. The van der Waals surface area contributed by atoms with Crippen molar-refractivity contribution in [3.63, 3.8) is 0 Å². The van der Waals surface area contributed by atoms with Gasteiger partial charge in [0.1, 0.15) is 17.3 Å². The zero-order valence-electron chi connectivity index (χ0n) is 15.4. The van der Waals surface area contributed by atoms with Gasteiger partial charge in [0.05, 0.1) is 5.56 Å². The summed E-state index contributed by atoms with van der Waals surface area (Å²) in [6.45, 7) is 1.23. The van der Waals surface area contributed by atoms with E-state index in [2.05, 4.69) is 16.0 Å². The van der Waals surface area contributed by atoms with Crippen molar-refractivity contribution in [1.82, 2.24) is 5.32 Å². The largest absolute Gasteiger partial charge is 0.478 e. The maximum absolute atomic E-state index is 12.9. The number of carbonyl (C=O) groups is 2. The van der Waals surface area contributed by atoms with Crippen LogP contribution < -0.4 is 16.0 Å². The number of hydrogen-bond donors (Lipinski definition) is 4. The van der Waals surface area contributed by atoms with E-state index in [-0.39, 0.29) is 17.7 Å². The zero-order valence-corrected chi connectivity index (χ0v) is 16.2. The van der Waals surface area contributed by atoms with E-state index in [4.69, 9.17) is 4.74 Å². The van der Waals surface area contributed by atoms with Crippen molar-refractivity contribution in [2.45, 2.75) is 38.0 Å². The molecule has 4 rings (SSSR count). The number of ether oxygens (including phenoxy) is 1. The van der Waals surface area contributed by atoms with Crippen LogP contribution in [0.25, 0.3) is 0 Å². The van der Waals surface area contributed by atoms with Crippen molar-refractivity contribution in [1.29, 1.82) is 0 Å². The number of carboxylic acids is 1. The minimum atomic E-state index is -0.972. The molecule has 2 atom stereocenters. The van der Waals surface area contributed by atoms with Crippen molar-refractivity contribution in [2.75, 3.05) is 23.8 Å². The quantitative estimate of drug-likeness (QED) is 0.614. The molecule has 0 bridgehead atoms. The first-order chi connectivity index (χ1) is 13.6. The average molecular weight is 401 g/mol. The first kappa shape index (κ1) is 18.9. The number of para-hydroxylation sites is 1. The summed E-state index contributed by atoms with van der Waals surface area (Å²) in [5.41, 5.74) is 1.72. The molecule has 2 aliphatic heterocycles. The highest BCUT2D eigenvalue weighted by molar-refractivity contribution is 7.17. The highest BCUT2D eigenvalue weighted by Crippen LogP contribution is 2.40. The number of amides is 1. The lowest BCUT2D eigenvalue weighted by Crippen LogP contribution is -2.37. The van der Waals surface area contributed by atoms with Gasteiger partial charge in [0.15, 0.2) is 0 Å². The Balaban J connectivity index is 1.61. The number of fused-ring (bicyclic) bond motifs is 1. The van der Waals surface area contributed by atoms with Gasteiger partial charge >= 0.3 is 5.97 Å². The highest BCUT2D eigenvalue weighted by Gasteiger charge is 2.34. The minimum Gasteiger partial charge on any atom is -0.478 e. The number of carboxylic acid groups (broad SMARTS) is 1. The molecule has 0 saturated carbocycles. The van der Waals surface area contributed by atoms with E-state index in [0.717, 1.165) is 29.7 Å². The van der Waals surface area contributed by atoms with Crippen LogP contribution in [0.3, 0.4) is 0 Å².